The quantitative estimate of drug-likeness (QED) is 0.635. The van der Waals surface area contributed by atoms with E-state index in [1.54, 1.807) is 0 Å². The molecule has 2 heterocycles. The van der Waals surface area contributed by atoms with Gasteiger partial charge in [0.25, 0.3) is 0 Å². The average molecular weight is 205 g/mol. The number of aromatic nitrogens is 2. The van der Waals surface area contributed by atoms with Crippen molar-refractivity contribution in [2.75, 3.05) is 5.73 Å². The highest BCUT2D eigenvalue weighted by Crippen LogP contribution is 2.55. The fraction of sp³-hybridized carbons (Fsp3) is 0.444. The first-order valence-corrected chi connectivity index (χ1v) is 4.59. The van der Waals surface area contributed by atoms with Crippen LogP contribution in [0.4, 0.5) is 5.82 Å². The predicted molar refractivity (Wildman–Crippen MR) is 52.2 cm³/mol. The fourth-order valence-electron chi connectivity index (χ4n) is 2.18. The second-order valence-electron chi connectivity index (χ2n) is 3.73. The first-order chi connectivity index (χ1) is 7.28. The Morgan fingerprint density at radius 3 is 2.80 bits per heavy atom. The summed E-state index contributed by atoms with van der Waals surface area (Å²) in [5.74, 6) is 0.533. The van der Waals surface area contributed by atoms with Gasteiger partial charge in [-0.1, -0.05) is 0 Å². The second kappa shape index (κ2) is 2.98. The van der Waals surface area contributed by atoms with Crippen molar-refractivity contribution in [3.63, 3.8) is 0 Å². The molecule has 0 aromatic carbocycles. The third kappa shape index (κ3) is 1.03. The number of fused-ring (bicyclic) bond motifs is 2. The largest absolute Gasteiger partial charge is 0.382 e. The van der Waals surface area contributed by atoms with E-state index in [1.165, 1.54) is 0 Å². The number of nitriles is 1. The summed E-state index contributed by atoms with van der Waals surface area (Å²) in [5, 5.41) is 13.4. The maximum absolute atomic E-state index is 10.8. The van der Waals surface area contributed by atoms with Crippen molar-refractivity contribution >= 4 is 12.2 Å². The zero-order valence-corrected chi connectivity index (χ0v) is 8.10. The number of hydrogen-bond donors (Lipinski definition) is 2. The van der Waals surface area contributed by atoms with Crippen LogP contribution in [0.1, 0.15) is 24.1 Å². The minimum absolute atomic E-state index is 0.0678. The van der Waals surface area contributed by atoms with Gasteiger partial charge in [0.1, 0.15) is 0 Å². The molecule has 0 atom stereocenters. The molecule has 3 rings (SSSR count). The predicted octanol–water partition coefficient (Wildman–Crippen LogP) is 0.0928. The highest BCUT2D eigenvalue weighted by atomic mass is 16.1. The molecule has 1 saturated carbocycles. The molecule has 1 aliphatic heterocycles. The zero-order chi connectivity index (χ0) is 11.1. The number of nitrogens with one attached hydrogen (secondary N) is 1. The molecule has 2 aliphatic rings. The van der Waals surface area contributed by atoms with Crippen LogP contribution in [-0.4, -0.2) is 21.5 Å². The maximum atomic E-state index is 10.8. The lowest BCUT2D eigenvalue weighted by atomic mass is 10.1. The summed E-state index contributed by atoms with van der Waals surface area (Å²) < 4.78 is 0. The van der Waals surface area contributed by atoms with E-state index in [9.17, 15) is 4.79 Å². The molecule has 1 aliphatic carbocycles. The van der Waals surface area contributed by atoms with Crippen molar-refractivity contribution in [2.24, 2.45) is 0 Å². The Bertz CT molecular complexity index is 417. The number of nitrogens with zero attached hydrogens (tertiary/aromatic N) is 3. The Kier molecular flexibility index (Phi) is 1.89. The molecule has 1 spiro atoms. The topological polar surface area (TPSA) is 98.8 Å². The van der Waals surface area contributed by atoms with Gasteiger partial charge >= 0.3 is 0 Å². The molecule has 6 nitrogen and oxygen atoms in total. The van der Waals surface area contributed by atoms with Gasteiger partial charge in [0.2, 0.25) is 6.41 Å². The fourth-order valence-corrected chi connectivity index (χ4v) is 2.18. The monoisotopic (exact) mass is 205 g/mol. The highest BCUT2D eigenvalue weighted by molar-refractivity contribution is 5.60. The number of nitrogens with two attached hydrogens (primary N) is 1. The molecule has 0 unspecified atom stereocenters. The van der Waals surface area contributed by atoms with Gasteiger partial charge in [-0.3, -0.25) is 9.89 Å². The van der Waals surface area contributed by atoms with E-state index in [0.717, 1.165) is 30.5 Å². The Hall–Kier alpha value is -2.03. The number of amides is 1. The van der Waals surface area contributed by atoms with Gasteiger partial charge in [-0.25, -0.2) is 5.26 Å². The van der Waals surface area contributed by atoms with Crippen molar-refractivity contribution < 1.29 is 4.79 Å². The smallest absolute Gasteiger partial charge is 0.210 e. The third-order valence-electron chi connectivity index (χ3n) is 3.09. The summed E-state index contributed by atoms with van der Waals surface area (Å²) in [6.07, 6.45) is 2.96. The van der Waals surface area contributed by atoms with E-state index >= 15 is 0 Å². The second-order valence-corrected chi connectivity index (χ2v) is 3.73. The van der Waals surface area contributed by atoms with Crippen LogP contribution in [0.2, 0.25) is 0 Å². The summed E-state index contributed by atoms with van der Waals surface area (Å²) in [6.45, 7) is 4.11. The van der Waals surface area contributed by atoms with Crippen molar-refractivity contribution in [2.45, 2.75) is 24.9 Å². The first-order valence-electron chi connectivity index (χ1n) is 4.59. The molecule has 15 heavy (non-hydrogen) atoms. The zero-order valence-electron chi connectivity index (χ0n) is 8.10. The van der Waals surface area contributed by atoms with Crippen molar-refractivity contribution in [1.82, 2.24) is 15.1 Å². The third-order valence-corrected chi connectivity index (χ3v) is 3.09. The van der Waals surface area contributed by atoms with Crippen molar-refractivity contribution in [1.29, 1.82) is 5.26 Å². The Morgan fingerprint density at radius 1 is 1.60 bits per heavy atom. The summed E-state index contributed by atoms with van der Waals surface area (Å²) in [4.78, 5) is 12.6. The first kappa shape index (κ1) is 9.52. The molecular weight excluding hydrogens is 194 g/mol. The van der Waals surface area contributed by atoms with Crippen LogP contribution in [0.5, 0.6) is 0 Å². The van der Waals surface area contributed by atoms with E-state index in [4.69, 9.17) is 11.0 Å². The van der Waals surface area contributed by atoms with E-state index in [-0.39, 0.29) is 5.54 Å². The average Bonchev–Trinajstić information content (AvgIpc) is 2.88. The molecule has 1 aromatic heterocycles. The van der Waals surface area contributed by atoms with Crippen LogP contribution < -0.4 is 5.73 Å². The van der Waals surface area contributed by atoms with Gasteiger partial charge in [-0.05, 0) is 12.8 Å². The number of carbonyl (C=O) groups is 1. The lowest BCUT2D eigenvalue weighted by Crippen LogP contribution is -2.27. The minimum atomic E-state index is -0.0678. The summed E-state index contributed by atoms with van der Waals surface area (Å²) in [6, 6.07) is 0. The van der Waals surface area contributed by atoms with E-state index in [1.807, 2.05) is 4.90 Å². The van der Waals surface area contributed by atoms with E-state index < -0.39 is 0 Å². The number of carbonyl (C=O) groups excluding carboxylic acids is 1. The van der Waals surface area contributed by atoms with Gasteiger partial charge in [0.15, 0.2) is 5.82 Å². The minimum Gasteiger partial charge on any atom is -0.382 e. The van der Waals surface area contributed by atoms with Crippen LogP contribution in [0.25, 0.3) is 0 Å². The van der Waals surface area contributed by atoms with E-state index in [2.05, 4.69) is 16.8 Å². The van der Waals surface area contributed by atoms with Crippen LogP contribution >= 0.6 is 0 Å². The van der Waals surface area contributed by atoms with Gasteiger partial charge in [-0.2, -0.15) is 5.10 Å². The van der Waals surface area contributed by atoms with Crippen molar-refractivity contribution in [3.05, 3.63) is 11.3 Å². The normalized spacial score (nSPS) is 19.2. The molecule has 1 aromatic rings. The van der Waals surface area contributed by atoms with Crippen LogP contribution in [-0.2, 0) is 16.9 Å². The number of aromatic amines is 1. The Labute approximate surface area is 86.7 Å². The van der Waals surface area contributed by atoms with Gasteiger partial charge in [0, 0.05) is 12.1 Å². The standard InChI is InChI=1S/C8H10N4O.CHN/c9-7-5-3-12(4-13)8(1-2-8)6(5)10-11-7;1-2/h4H,1-3H2,(H3,9,10,11);1H. The molecule has 0 saturated heterocycles. The molecule has 1 fully saturated rings. The number of H-pyrrole nitrogens is 1. The maximum Gasteiger partial charge on any atom is 0.210 e. The van der Waals surface area contributed by atoms with Crippen molar-refractivity contribution in [3.8, 4) is 6.57 Å². The highest BCUT2D eigenvalue weighted by Gasteiger charge is 2.56. The Balaban J connectivity index is 0.000000404. The molecule has 6 heteroatoms. The van der Waals surface area contributed by atoms with Gasteiger partial charge in [0.05, 0.1) is 17.8 Å². The molecule has 78 valence electrons. The van der Waals surface area contributed by atoms with Crippen LogP contribution in [0.3, 0.4) is 0 Å². The summed E-state index contributed by atoms with van der Waals surface area (Å²) in [7, 11) is 0. The van der Waals surface area contributed by atoms with Crippen LogP contribution in [0.15, 0.2) is 0 Å². The number of nitrogen functional groups attached to an aromatic ring is 1. The SMILES string of the molecule is C#N.Nc1n[nH]c2c1CN(C=O)C21CC1. The number of anilines is 1. The number of rotatable bonds is 1. The lowest BCUT2D eigenvalue weighted by Gasteiger charge is -2.18. The van der Waals surface area contributed by atoms with Gasteiger partial charge in [-0.15, -0.1) is 0 Å². The molecule has 1 amide bonds. The van der Waals surface area contributed by atoms with Gasteiger partial charge < -0.3 is 10.6 Å². The molecule has 0 radical (unpaired) electrons. The molecule has 0 bridgehead atoms. The Morgan fingerprint density at radius 2 is 2.27 bits per heavy atom. The summed E-state index contributed by atoms with van der Waals surface area (Å²) in [5.41, 5.74) is 7.66. The molecule has 3 N–H and O–H groups in total. The molecular formula is C9H11N5O. The van der Waals surface area contributed by atoms with Crippen LogP contribution in [0, 0.1) is 11.8 Å². The lowest BCUT2D eigenvalue weighted by molar-refractivity contribution is -0.121. The number of hydrogen-bond acceptors (Lipinski definition) is 4. The van der Waals surface area contributed by atoms with E-state index in [0.29, 0.717) is 12.4 Å². The summed E-state index contributed by atoms with van der Waals surface area (Å²) >= 11 is 0.